The molecule has 4 aromatic rings. The van der Waals surface area contributed by atoms with E-state index < -0.39 is 12.1 Å². The Morgan fingerprint density at radius 2 is 1.02 bits per heavy atom. The van der Waals surface area contributed by atoms with Crippen molar-refractivity contribution in [3.63, 3.8) is 0 Å². The van der Waals surface area contributed by atoms with Gasteiger partial charge in [0.2, 0.25) is 0 Å². The van der Waals surface area contributed by atoms with E-state index in [2.05, 4.69) is 36.9 Å². The Labute approximate surface area is 387 Å². The van der Waals surface area contributed by atoms with Crippen molar-refractivity contribution in [2.75, 3.05) is 63.2 Å². The van der Waals surface area contributed by atoms with E-state index in [1.165, 1.54) is 9.80 Å². The highest BCUT2D eigenvalue weighted by atomic mass is 127. The fourth-order valence-corrected chi connectivity index (χ4v) is 8.99. The summed E-state index contributed by atoms with van der Waals surface area (Å²) >= 11 is 12.7. The van der Waals surface area contributed by atoms with E-state index in [-0.39, 0.29) is 60.9 Å². The number of quaternary nitrogens is 1. The van der Waals surface area contributed by atoms with Crippen LogP contribution in [0.5, 0.6) is 0 Å². The zero-order chi connectivity index (χ0) is 43.0. The summed E-state index contributed by atoms with van der Waals surface area (Å²) in [4.78, 5) is 62.5. The molecule has 0 aliphatic carbocycles. The molecule has 2 atom stereocenters. The predicted octanol–water partition coefficient (Wildman–Crippen LogP) is 4.03. The van der Waals surface area contributed by atoms with Crippen LogP contribution < -0.4 is 44.4 Å². The van der Waals surface area contributed by atoms with Crippen LogP contribution in [0.15, 0.2) is 120 Å². The van der Waals surface area contributed by atoms with Crippen LogP contribution in [0.2, 0.25) is 10.0 Å². The zero-order valence-electron chi connectivity index (χ0n) is 33.9. The van der Waals surface area contributed by atoms with Crippen molar-refractivity contribution in [3.8, 4) is 12.1 Å². The standard InChI is InChI=1S/C46H41Cl2N9O4.HI/c1-57(2,21-5-19-53-27-37-39(43(53)58)41(31-15-11-29(25-49)12-16-31)51-45(60)55(37)35-9-3-7-33(47)23-35)22-6-20-54-28-38-40(44(54)59)42(32-17-13-30(26-50)14-18-32)52-46(61)56(38)36-10-4-8-34(48)24-36;/h3-4,7-18,23-24,41-42H,5-6,19-22,27-28H2,1-2H3,(H-,51,52,60,61);1H/t41-,42-;/m1./s1. The van der Waals surface area contributed by atoms with E-state index in [1.807, 2.05) is 0 Å². The number of nitrogens with zero attached hydrogens (tertiary/aromatic N) is 7. The summed E-state index contributed by atoms with van der Waals surface area (Å²) in [5, 5.41) is 25.7. The average molecular weight is 983 g/mol. The molecular formula is C46H42Cl2IN9O4. The molecule has 4 aliphatic heterocycles. The molecule has 0 aromatic heterocycles. The number of hydrogen-bond acceptors (Lipinski definition) is 6. The molecule has 6 amide bonds. The summed E-state index contributed by atoms with van der Waals surface area (Å²) in [5.74, 6) is -0.324. The molecule has 316 valence electrons. The number of nitrogens with one attached hydrogen (secondary N) is 2. The Kier molecular flexibility index (Phi) is 13.0. The Hall–Kier alpha value is -5.91. The van der Waals surface area contributed by atoms with Gasteiger partial charge in [0.05, 0.1) is 110 Å². The van der Waals surface area contributed by atoms with Crippen molar-refractivity contribution in [2.24, 2.45) is 0 Å². The number of carbonyl (C=O) groups excluding carboxylic acids is 4. The van der Waals surface area contributed by atoms with Gasteiger partial charge in [0.1, 0.15) is 0 Å². The fourth-order valence-electron chi connectivity index (χ4n) is 8.62. The number of benzene rings is 4. The van der Waals surface area contributed by atoms with Crippen LogP contribution in [0.25, 0.3) is 0 Å². The largest absolute Gasteiger partial charge is 1.00 e. The summed E-state index contributed by atoms with van der Waals surface area (Å²) in [5.41, 5.74) is 5.63. The van der Waals surface area contributed by atoms with Crippen LogP contribution >= 0.6 is 23.2 Å². The van der Waals surface area contributed by atoms with Crippen molar-refractivity contribution in [3.05, 3.63) is 152 Å². The van der Waals surface area contributed by atoms with Crippen LogP contribution in [0.3, 0.4) is 0 Å². The third-order valence-corrected chi connectivity index (χ3v) is 12.1. The van der Waals surface area contributed by atoms with Crippen LogP contribution in [0, 0.1) is 22.7 Å². The van der Waals surface area contributed by atoms with Gasteiger partial charge in [0.25, 0.3) is 11.8 Å². The van der Waals surface area contributed by atoms with Gasteiger partial charge in [-0.25, -0.2) is 9.59 Å². The van der Waals surface area contributed by atoms with Crippen LogP contribution in [-0.2, 0) is 9.59 Å². The van der Waals surface area contributed by atoms with Crippen LogP contribution in [-0.4, -0.2) is 91.5 Å². The highest BCUT2D eigenvalue weighted by Gasteiger charge is 2.46. The van der Waals surface area contributed by atoms with Crippen molar-refractivity contribution < 1.29 is 47.6 Å². The third-order valence-electron chi connectivity index (χ3n) is 11.7. The molecule has 0 saturated heterocycles. The summed E-state index contributed by atoms with van der Waals surface area (Å²) in [6.45, 7) is 2.90. The van der Waals surface area contributed by atoms with E-state index >= 15 is 0 Å². The van der Waals surface area contributed by atoms with Crippen molar-refractivity contribution in [1.29, 1.82) is 10.5 Å². The molecule has 0 unspecified atom stereocenters. The lowest BCUT2D eigenvalue weighted by Crippen LogP contribution is -3.00. The number of carbonyl (C=O) groups is 4. The average Bonchev–Trinajstić information content (AvgIpc) is 3.74. The predicted molar refractivity (Wildman–Crippen MR) is 231 cm³/mol. The van der Waals surface area contributed by atoms with Gasteiger partial charge in [0.15, 0.2) is 0 Å². The van der Waals surface area contributed by atoms with Gasteiger partial charge in [-0.2, -0.15) is 10.5 Å². The van der Waals surface area contributed by atoms with Crippen molar-refractivity contribution in [2.45, 2.75) is 24.9 Å². The first-order chi connectivity index (χ1) is 29.3. The van der Waals surface area contributed by atoms with E-state index in [9.17, 15) is 29.7 Å². The van der Waals surface area contributed by atoms with E-state index in [0.717, 1.165) is 13.1 Å². The van der Waals surface area contributed by atoms with E-state index in [0.29, 0.717) is 96.6 Å². The smallest absolute Gasteiger partial charge is 0.327 e. The lowest BCUT2D eigenvalue weighted by atomic mass is 9.94. The molecule has 62 heavy (non-hydrogen) atoms. The fraction of sp³-hybridized carbons (Fsp3) is 0.261. The van der Waals surface area contributed by atoms with E-state index in [4.69, 9.17) is 23.2 Å². The lowest BCUT2D eigenvalue weighted by Gasteiger charge is -2.33. The number of anilines is 2. The summed E-state index contributed by atoms with van der Waals surface area (Å²) in [7, 11) is 4.25. The maximum atomic E-state index is 14.2. The number of urea groups is 2. The molecule has 16 heteroatoms. The zero-order valence-corrected chi connectivity index (χ0v) is 37.6. The molecule has 4 aromatic carbocycles. The second-order valence-electron chi connectivity index (χ2n) is 16.1. The molecule has 0 fully saturated rings. The maximum absolute atomic E-state index is 14.2. The topological polar surface area (TPSA) is 153 Å². The molecule has 0 bridgehead atoms. The van der Waals surface area contributed by atoms with Gasteiger partial charge in [-0.05, 0) is 71.8 Å². The Morgan fingerprint density at radius 3 is 1.37 bits per heavy atom. The van der Waals surface area contributed by atoms with Crippen molar-refractivity contribution in [1.82, 2.24) is 20.4 Å². The quantitative estimate of drug-likeness (QED) is 0.162. The summed E-state index contributed by atoms with van der Waals surface area (Å²) in [6.07, 6.45) is 1.37. The van der Waals surface area contributed by atoms with Gasteiger partial charge in [-0.1, -0.05) is 59.6 Å². The molecule has 0 radical (unpaired) electrons. The number of rotatable bonds is 12. The molecule has 4 aliphatic rings. The molecular weight excluding hydrogens is 940 g/mol. The molecule has 13 nitrogen and oxygen atoms in total. The summed E-state index contributed by atoms with van der Waals surface area (Å²) < 4.78 is 0.634. The highest BCUT2D eigenvalue weighted by molar-refractivity contribution is 6.31. The second-order valence-corrected chi connectivity index (χ2v) is 17.0. The number of amides is 6. The minimum absolute atomic E-state index is 0. The monoisotopic (exact) mass is 981 g/mol. The van der Waals surface area contributed by atoms with Gasteiger partial charge in [-0.3, -0.25) is 19.4 Å². The minimum atomic E-state index is -0.685. The second kappa shape index (κ2) is 18.2. The molecule has 0 saturated carbocycles. The van der Waals surface area contributed by atoms with Gasteiger partial charge in [-0.15, -0.1) is 0 Å². The Morgan fingerprint density at radius 1 is 0.629 bits per heavy atom. The molecule has 2 N–H and O–H groups in total. The van der Waals surface area contributed by atoms with Crippen LogP contribution in [0.1, 0.15) is 47.2 Å². The molecule has 0 spiro atoms. The van der Waals surface area contributed by atoms with Crippen molar-refractivity contribution >= 4 is 58.5 Å². The maximum Gasteiger partial charge on any atom is 0.327 e. The first-order valence-electron chi connectivity index (χ1n) is 19.9. The minimum Gasteiger partial charge on any atom is -1.00 e. The lowest BCUT2D eigenvalue weighted by molar-refractivity contribution is -0.890. The normalized spacial score (nSPS) is 18.5. The molecule has 8 rings (SSSR count). The first-order valence-corrected chi connectivity index (χ1v) is 20.7. The number of halogens is 3. The van der Waals surface area contributed by atoms with E-state index in [1.54, 1.807) is 107 Å². The van der Waals surface area contributed by atoms with Gasteiger partial charge >= 0.3 is 12.1 Å². The first kappa shape index (κ1) is 44.2. The Bertz CT molecular complexity index is 2420. The number of hydrogen-bond donors (Lipinski definition) is 2. The van der Waals surface area contributed by atoms with Crippen LogP contribution in [0.4, 0.5) is 21.0 Å². The Balaban J connectivity index is 0.00000578. The van der Waals surface area contributed by atoms with Gasteiger partial charge < -0.3 is 48.9 Å². The highest BCUT2D eigenvalue weighted by Crippen LogP contribution is 2.41. The summed E-state index contributed by atoms with van der Waals surface area (Å²) in [6, 6.07) is 29.8. The SMILES string of the molecule is C[N+](C)(CCCN1CC2=C(C1=O)[C@@H](c1ccc(C#N)cc1)NC(=O)N2c1cccc(Cl)c1)CCCN1CC2=C(C1=O)[C@@H](c1ccc(C#N)cc1)NC(=O)N2c1cccc(Cl)c1.[I-]. The number of nitriles is 2. The third kappa shape index (κ3) is 8.74. The molecule has 4 heterocycles. The van der Waals surface area contributed by atoms with Gasteiger partial charge in [0, 0.05) is 36.0 Å².